The van der Waals surface area contributed by atoms with Crippen molar-refractivity contribution in [1.29, 1.82) is 0 Å². The third kappa shape index (κ3) is 4.39. The molecule has 0 spiro atoms. The molecular formula is C15H14F6N2O2. The molecule has 0 saturated carbocycles. The number of pyridine rings is 1. The Labute approximate surface area is 138 Å². The van der Waals surface area contributed by atoms with Crippen molar-refractivity contribution >= 4 is 10.9 Å². The summed E-state index contributed by atoms with van der Waals surface area (Å²) in [5.74, 6) is 0. The van der Waals surface area contributed by atoms with Crippen molar-refractivity contribution in [2.75, 3.05) is 19.7 Å². The van der Waals surface area contributed by atoms with Gasteiger partial charge in [-0.3, -0.25) is 0 Å². The summed E-state index contributed by atoms with van der Waals surface area (Å²) in [6, 6.07) is 3.38. The first-order valence-electron chi connectivity index (χ1n) is 7.13. The summed E-state index contributed by atoms with van der Waals surface area (Å²) < 4.78 is 78.4. The van der Waals surface area contributed by atoms with Crippen LogP contribution in [0.1, 0.15) is 22.9 Å². The molecule has 0 bridgehead atoms. The molecule has 1 unspecified atom stereocenters. The minimum Gasteiger partial charge on any atom is -0.395 e. The molecule has 4 nitrogen and oxygen atoms in total. The molecule has 1 atom stereocenters. The molecule has 2 rings (SSSR count). The van der Waals surface area contributed by atoms with E-state index in [0.29, 0.717) is 12.1 Å². The normalized spacial score (nSPS) is 14.1. The lowest BCUT2D eigenvalue weighted by Crippen LogP contribution is -2.25. The van der Waals surface area contributed by atoms with Crippen molar-refractivity contribution < 1.29 is 36.6 Å². The molecule has 1 heterocycles. The molecule has 10 heteroatoms. The first kappa shape index (κ1) is 19.4. The SMILES string of the molecule is OCCNCC(O)c1cc(C(F)(F)F)nc2c(C(F)(F)F)cccc12. The van der Waals surface area contributed by atoms with Crippen molar-refractivity contribution in [3.63, 3.8) is 0 Å². The van der Waals surface area contributed by atoms with Crippen molar-refractivity contribution in [3.05, 3.63) is 41.1 Å². The number of aliphatic hydroxyl groups excluding tert-OH is 2. The maximum atomic E-state index is 13.1. The minimum absolute atomic E-state index is 0.0694. The first-order chi connectivity index (χ1) is 11.6. The van der Waals surface area contributed by atoms with Gasteiger partial charge in [0.25, 0.3) is 0 Å². The zero-order chi connectivity index (χ0) is 18.8. The van der Waals surface area contributed by atoms with Crippen LogP contribution < -0.4 is 5.32 Å². The number of halogens is 6. The zero-order valence-corrected chi connectivity index (χ0v) is 12.6. The second kappa shape index (κ2) is 7.14. The Morgan fingerprint density at radius 1 is 1.08 bits per heavy atom. The Kier molecular flexibility index (Phi) is 5.55. The van der Waals surface area contributed by atoms with Gasteiger partial charge in [-0.2, -0.15) is 26.3 Å². The van der Waals surface area contributed by atoms with E-state index in [1.165, 1.54) is 6.07 Å². The van der Waals surface area contributed by atoms with Crippen LogP contribution in [0.15, 0.2) is 24.3 Å². The first-order valence-corrected chi connectivity index (χ1v) is 7.13. The Balaban J connectivity index is 2.67. The van der Waals surface area contributed by atoms with Crippen LogP contribution in [0.5, 0.6) is 0 Å². The van der Waals surface area contributed by atoms with Gasteiger partial charge in [-0.05, 0) is 17.7 Å². The highest BCUT2D eigenvalue weighted by Gasteiger charge is 2.37. The number of aromatic nitrogens is 1. The molecular weight excluding hydrogens is 354 g/mol. The number of benzene rings is 1. The van der Waals surface area contributed by atoms with Crippen molar-refractivity contribution in [3.8, 4) is 0 Å². The smallest absolute Gasteiger partial charge is 0.395 e. The second-order valence-electron chi connectivity index (χ2n) is 5.24. The third-order valence-corrected chi connectivity index (χ3v) is 3.45. The van der Waals surface area contributed by atoms with E-state index < -0.39 is 35.2 Å². The molecule has 138 valence electrons. The van der Waals surface area contributed by atoms with Crippen LogP contribution in [0.3, 0.4) is 0 Å². The summed E-state index contributed by atoms with van der Waals surface area (Å²) in [5.41, 5.74) is -4.03. The number of alkyl halides is 6. The lowest BCUT2D eigenvalue weighted by atomic mass is 9.99. The van der Waals surface area contributed by atoms with Crippen molar-refractivity contribution in [2.24, 2.45) is 0 Å². The van der Waals surface area contributed by atoms with E-state index >= 15 is 0 Å². The topological polar surface area (TPSA) is 65.4 Å². The highest BCUT2D eigenvalue weighted by Crippen LogP contribution is 2.38. The highest BCUT2D eigenvalue weighted by molar-refractivity contribution is 5.86. The monoisotopic (exact) mass is 368 g/mol. The van der Waals surface area contributed by atoms with Gasteiger partial charge in [0, 0.05) is 18.5 Å². The number of fused-ring (bicyclic) bond motifs is 1. The van der Waals surface area contributed by atoms with Gasteiger partial charge in [-0.25, -0.2) is 4.98 Å². The molecule has 0 amide bonds. The molecule has 0 aliphatic heterocycles. The summed E-state index contributed by atoms with van der Waals surface area (Å²) in [5, 5.41) is 21.1. The van der Waals surface area contributed by atoms with Crippen LogP contribution in [-0.2, 0) is 12.4 Å². The molecule has 1 aromatic carbocycles. The molecule has 2 aromatic rings. The zero-order valence-electron chi connectivity index (χ0n) is 12.6. The number of nitrogens with one attached hydrogen (secondary N) is 1. The van der Waals surface area contributed by atoms with E-state index in [1.807, 2.05) is 0 Å². The van der Waals surface area contributed by atoms with Crippen LogP contribution in [0, 0.1) is 0 Å². The third-order valence-electron chi connectivity index (χ3n) is 3.45. The summed E-state index contributed by atoms with van der Waals surface area (Å²) in [7, 11) is 0. The Morgan fingerprint density at radius 3 is 2.32 bits per heavy atom. The standard InChI is InChI=1S/C15H14F6N2O2/c16-14(17,18)10-3-1-2-8-9(11(25)7-22-4-5-24)6-12(15(19,20)21)23-13(8)10/h1-3,6,11,22,24-25H,4-5,7H2. The van der Waals surface area contributed by atoms with Crippen LogP contribution in [0.25, 0.3) is 10.9 Å². The van der Waals surface area contributed by atoms with Gasteiger partial charge in [-0.15, -0.1) is 0 Å². The number of rotatable bonds is 5. The number of para-hydroxylation sites is 1. The van der Waals surface area contributed by atoms with E-state index in [9.17, 15) is 31.4 Å². The fourth-order valence-corrected chi connectivity index (χ4v) is 2.35. The van der Waals surface area contributed by atoms with E-state index in [0.717, 1.165) is 6.07 Å². The Morgan fingerprint density at radius 2 is 1.76 bits per heavy atom. The van der Waals surface area contributed by atoms with Gasteiger partial charge in [0.05, 0.1) is 23.8 Å². The summed E-state index contributed by atoms with van der Waals surface area (Å²) in [4.78, 5) is 3.14. The van der Waals surface area contributed by atoms with Gasteiger partial charge in [0.15, 0.2) is 0 Å². The minimum atomic E-state index is -4.97. The van der Waals surface area contributed by atoms with Crippen molar-refractivity contribution in [1.82, 2.24) is 10.3 Å². The quantitative estimate of drug-likeness (QED) is 0.561. The number of hydrogen-bond acceptors (Lipinski definition) is 4. The summed E-state index contributed by atoms with van der Waals surface area (Å²) in [6.07, 6.45) is -11.4. The summed E-state index contributed by atoms with van der Waals surface area (Å²) in [6.45, 7) is -0.441. The fraction of sp³-hybridized carbons (Fsp3) is 0.400. The molecule has 25 heavy (non-hydrogen) atoms. The maximum absolute atomic E-state index is 13.1. The van der Waals surface area contributed by atoms with Crippen LogP contribution in [0.2, 0.25) is 0 Å². The maximum Gasteiger partial charge on any atom is 0.433 e. The highest BCUT2D eigenvalue weighted by atomic mass is 19.4. The lowest BCUT2D eigenvalue weighted by molar-refractivity contribution is -0.142. The number of nitrogens with zero attached hydrogens (tertiary/aromatic N) is 1. The fourth-order valence-electron chi connectivity index (χ4n) is 2.35. The predicted molar refractivity (Wildman–Crippen MR) is 76.7 cm³/mol. The van der Waals surface area contributed by atoms with E-state index in [4.69, 9.17) is 5.11 Å². The molecule has 0 aliphatic carbocycles. The van der Waals surface area contributed by atoms with Gasteiger partial charge >= 0.3 is 12.4 Å². The van der Waals surface area contributed by atoms with Crippen LogP contribution in [0.4, 0.5) is 26.3 Å². The Hall–Kier alpha value is -1.91. The molecule has 0 aliphatic rings. The molecule has 0 fully saturated rings. The average Bonchev–Trinajstić information content (AvgIpc) is 2.51. The lowest BCUT2D eigenvalue weighted by Gasteiger charge is -2.18. The number of aliphatic hydroxyl groups is 2. The van der Waals surface area contributed by atoms with Gasteiger partial charge < -0.3 is 15.5 Å². The van der Waals surface area contributed by atoms with Gasteiger partial charge in [-0.1, -0.05) is 12.1 Å². The molecule has 0 radical (unpaired) electrons. The average molecular weight is 368 g/mol. The number of hydrogen-bond donors (Lipinski definition) is 3. The van der Waals surface area contributed by atoms with Gasteiger partial charge in [0.1, 0.15) is 5.69 Å². The summed E-state index contributed by atoms with van der Waals surface area (Å²) >= 11 is 0. The van der Waals surface area contributed by atoms with Gasteiger partial charge in [0.2, 0.25) is 0 Å². The molecule has 1 aromatic heterocycles. The Bertz CT molecular complexity index is 745. The molecule has 3 N–H and O–H groups in total. The van der Waals surface area contributed by atoms with Crippen LogP contribution in [-0.4, -0.2) is 34.9 Å². The van der Waals surface area contributed by atoms with E-state index in [1.54, 1.807) is 0 Å². The van der Waals surface area contributed by atoms with E-state index in [-0.39, 0.29) is 30.6 Å². The largest absolute Gasteiger partial charge is 0.433 e. The predicted octanol–water partition coefficient (Wildman–Crippen LogP) is 2.89. The van der Waals surface area contributed by atoms with Crippen LogP contribution >= 0.6 is 0 Å². The van der Waals surface area contributed by atoms with E-state index in [2.05, 4.69) is 10.3 Å². The second-order valence-corrected chi connectivity index (χ2v) is 5.24. The van der Waals surface area contributed by atoms with Crippen molar-refractivity contribution in [2.45, 2.75) is 18.5 Å². The molecule has 0 saturated heterocycles.